The molecule has 0 radical (unpaired) electrons. The lowest BCUT2D eigenvalue weighted by Crippen LogP contribution is -2.63. The summed E-state index contributed by atoms with van der Waals surface area (Å²) in [5.74, 6) is 0.596. The van der Waals surface area contributed by atoms with Crippen molar-refractivity contribution in [2.75, 3.05) is 19.6 Å². The molecule has 15 heavy (non-hydrogen) atoms. The van der Waals surface area contributed by atoms with Gasteiger partial charge in [-0.25, -0.2) is 0 Å². The maximum Gasteiger partial charge on any atom is 0.0928 e. The van der Waals surface area contributed by atoms with Crippen molar-refractivity contribution in [3.63, 3.8) is 0 Å². The van der Waals surface area contributed by atoms with Gasteiger partial charge in [0.1, 0.15) is 0 Å². The summed E-state index contributed by atoms with van der Waals surface area (Å²) in [5.41, 5.74) is -0.343. The van der Waals surface area contributed by atoms with E-state index in [1.807, 2.05) is 16.9 Å². The summed E-state index contributed by atoms with van der Waals surface area (Å²) >= 11 is 0. The second-order valence-corrected chi connectivity index (χ2v) is 4.86. The summed E-state index contributed by atoms with van der Waals surface area (Å²) < 4.78 is 1.94. The summed E-state index contributed by atoms with van der Waals surface area (Å²) in [5, 5.41) is 14.3. The van der Waals surface area contributed by atoms with Crippen molar-refractivity contribution in [1.29, 1.82) is 0 Å². The lowest BCUT2D eigenvalue weighted by Gasteiger charge is -2.47. The Morgan fingerprint density at radius 2 is 2.13 bits per heavy atom. The van der Waals surface area contributed by atoms with Gasteiger partial charge in [-0.05, 0) is 24.8 Å². The standard InChI is InChI=1S/C11H17N3O/c15-11(10-2-3-10)8-13(9-11)6-7-14-5-1-4-12-14/h1,4-5,10,15H,2-3,6-9H2. The molecule has 0 amide bonds. The zero-order valence-electron chi connectivity index (χ0n) is 8.84. The van der Waals surface area contributed by atoms with Crippen molar-refractivity contribution < 1.29 is 5.11 Å². The van der Waals surface area contributed by atoms with Crippen LogP contribution in [0.5, 0.6) is 0 Å². The summed E-state index contributed by atoms with van der Waals surface area (Å²) in [6.07, 6.45) is 6.23. The Morgan fingerprint density at radius 3 is 2.73 bits per heavy atom. The number of hydrogen-bond acceptors (Lipinski definition) is 3. The normalized spacial score (nSPS) is 25.1. The lowest BCUT2D eigenvalue weighted by atomic mass is 9.89. The Kier molecular flexibility index (Phi) is 2.07. The number of aromatic nitrogens is 2. The molecule has 1 aliphatic heterocycles. The first-order chi connectivity index (χ1) is 7.26. The van der Waals surface area contributed by atoms with Crippen molar-refractivity contribution in [2.45, 2.75) is 25.0 Å². The van der Waals surface area contributed by atoms with Crippen molar-refractivity contribution in [1.82, 2.24) is 14.7 Å². The number of nitrogens with zero attached hydrogens (tertiary/aromatic N) is 3. The number of aliphatic hydroxyl groups is 1. The number of β-amino-alcohol motifs (C(OH)–C–C–N with tert-alkyl or cyclic N) is 1. The molecule has 4 nitrogen and oxygen atoms in total. The van der Waals surface area contributed by atoms with Gasteiger partial charge in [0.25, 0.3) is 0 Å². The van der Waals surface area contributed by atoms with E-state index in [1.54, 1.807) is 6.20 Å². The second-order valence-electron chi connectivity index (χ2n) is 4.86. The van der Waals surface area contributed by atoms with Gasteiger partial charge in [-0.3, -0.25) is 9.58 Å². The Hall–Kier alpha value is -0.870. The van der Waals surface area contributed by atoms with Crippen LogP contribution in [0.3, 0.4) is 0 Å². The van der Waals surface area contributed by atoms with E-state index in [0.29, 0.717) is 5.92 Å². The minimum atomic E-state index is -0.343. The average Bonchev–Trinajstić information content (AvgIpc) is 2.90. The fourth-order valence-corrected chi connectivity index (χ4v) is 2.44. The Bertz CT molecular complexity index is 326. The molecule has 0 aromatic carbocycles. The third-order valence-corrected chi connectivity index (χ3v) is 3.54. The third kappa shape index (κ3) is 1.79. The Labute approximate surface area is 89.5 Å². The van der Waals surface area contributed by atoms with Crippen LogP contribution in [0.15, 0.2) is 18.5 Å². The van der Waals surface area contributed by atoms with Gasteiger partial charge in [-0.15, -0.1) is 0 Å². The van der Waals surface area contributed by atoms with Crippen LogP contribution in [0.4, 0.5) is 0 Å². The van der Waals surface area contributed by atoms with Crippen LogP contribution in [0.2, 0.25) is 0 Å². The van der Waals surface area contributed by atoms with Crippen molar-refractivity contribution in [3.05, 3.63) is 18.5 Å². The van der Waals surface area contributed by atoms with E-state index in [2.05, 4.69) is 10.00 Å². The van der Waals surface area contributed by atoms with Gasteiger partial charge in [-0.1, -0.05) is 0 Å². The molecule has 1 aromatic heterocycles. The van der Waals surface area contributed by atoms with Gasteiger partial charge in [0, 0.05) is 32.0 Å². The molecule has 4 heteroatoms. The highest BCUT2D eigenvalue weighted by atomic mass is 16.3. The molecular weight excluding hydrogens is 190 g/mol. The maximum absolute atomic E-state index is 10.1. The predicted octanol–water partition coefficient (Wildman–Crippen LogP) is 0.340. The predicted molar refractivity (Wildman–Crippen MR) is 56.3 cm³/mol. The summed E-state index contributed by atoms with van der Waals surface area (Å²) in [7, 11) is 0. The van der Waals surface area contributed by atoms with Gasteiger partial charge in [-0.2, -0.15) is 5.10 Å². The summed E-state index contributed by atoms with van der Waals surface area (Å²) in [6.45, 7) is 3.64. The smallest absolute Gasteiger partial charge is 0.0928 e. The van der Waals surface area contributed by atoms with Crippen molar-refractivity contribution in [2.24, 2.45) is 5.92 Å². The average molecular weight is 207 g/mol. The molecule has 3 rings (SSSR count). The van der Waals surface area contributed by atoms with Gasteiger partial charge in [0.15, 0.2) is 0 Å². The monoisotopic (exact) mass is 207 g/mol. The molecule has 1 aliphatic carbocycles. The number of hydrogen-bond donors (Lipinski definition) is 1. The minimum Gasteiger partial charge on any atom is -0.387 e. The lowest BCUT2D eigenvalue weighted by molar-refractivity contribution is -0.113. The first kappa shape index (κ1) is 9.36. The molecule has 0 spiro atoms. The quantitative estimate of drug-likeness (QED) is 0.774. The van der Waals surface area contributed by atoms with Crippen LogP contribution in [-0.2, 0) is 6.54 Å². The minimum absolute atomic E-state index is 0.343. The molecule has 0 bridgehead atoms. The van der Waals surface area contributed by atoms with Crippen LogP contribution >= 0.6 is 0 Å². The molecule has 82 valence electrons. The Morgan fingerprint density at radius 1 is 1.33 bits per heavy atom. The van der Waals surface area contributed by atoms with Crippen molar-refractivity contribution >= 4 is 0 Å². The molecule has 0 unspecified atom stereocenters. The largest absolute Gasteiger partial charge is 0.387 e. The first-order valence-corrected chi connectivity index (χ1v) is 5.68. The zero-order chi connectivity index (χ0) is 10.3. The van der Waals surface area contributed by atoms with E-state index in [1.165, 1.54) is 12.8 Å². The molecule has 0 atom stereocenters. The highest BCUT2D eigenvalue weighted by Crippen LogP contribution is 2.44. The number of rotatable bonds is 4. The van der Waals surface area contributed by atoms with Crippen LogP contribution in [0.25, 0.3) is 0 Å². The van der Waals surface area contributed by atoms with Gasteiger partial charge in [0.05, 0.1) is 12.1 Å². The third-order valence-electron chi connectivity index (χ3n) is 3.54. The van der Waals surface area contributed by atoms with Crippen LogP contribution in [0, 0.1) is 5.92 Å². The summed E-state index contributed by atoms with van der Waals surface area (Å²) in [6, 6.07) is 1.94. The molecule has 1 N–H and O–H groups in total. The summed E-state index contributed by atoms with van der Waals surface area (Å²) in [4.78, 5) is 2.31. The van der Waals surface area contributed by atoms with Crippen molar-refractivity contribution in [3.8, 4) is 0 Å². The highest BCUT2D eigenvalue weighted by Gasteiger charge is 2.51. The molecule has 2 fully saturated rings. The molecule has 1 saturated carbocycles. The highest BCUT2D eigenvalue weighted by molar-refractivity contribution is 5.05. The van der Waals surface area contributed by atoms with Crippen LogP contribution < -0.4 is 0 Å². The second kappa shape index (κ2) is 3.32. The fraction of sp³-hybridized carbons (Fsp3) is 0.727. The van der Waals surface area contributed by atoms with Crippen LogP contribution in [0.1, 0.15) is 12.8 Å². The van der Waals surface area contributed by atoms with E-state index in [0.717, 1.165) is 26.2 Å². The van der Waals surface area contributed by atoms with Gasteiger partial charge < -0.3 is 5.11 Å². The van der Waals surface area contributed by atoms with Gasteiger partial charge in [0.2, 0.25) is 0 Å². The molecule has 2 heterocycles. The molecule has 1 aromatic rings. The van der Waals surface area contributed by atoms with E-state index >= 15 is 0 Å². The van der Waals surface area contributed by atoms with E-state index in [-0.39, 0.29) is 5.60 Å². The SMILES string of the molecule is OC1(C2CC2)CN(CCn2cccn2)C1. The zero-order valence-corrected chi connectivity index (χ0v) is 8.84. The van der Waals surface area contributed by atoms with E-state index in [9.17, 15) is 5.11 Å². The fourth-order valence-electron chi connectivity index (χ4n) is 2.44. The topological polar surface area (TPSA) is 41.3 Å². The van der Waals surface area contributed by atoms with Gasteiger partial charge >= 0.3 is 0 Å². The molecule has 1 saturated heterocycles. The maximum atomic E-state index is 10.1. The van der Waals surface area contributed by atoms with E-state index < -0.39 is 0 Å². The van der Waals surface area contributed by atoms with Crippen LogP contribution in [-0.4, -0.2) is 45.0 Å². The van der Waals surface area contributed by atoms with E-state index in [4.69, 9.17) is 0 Å². The molecular formula is C11H17N3O. The Balaban J connectivity index is 1.44. The first-order valence-electron chi connectivity index (χ1n) is 5.68. The molecule has 2 aliphatic rings. The number of likely N-dealkylation sites (tertiary alicyclic amines) is 1.